The molecule has 0 atom stereocenters. The molecule has 2 heterocycles. The van der Waals surface area contributed by atoms with E-state index in [2.05, 4.69) is 10.5 Å². The molecule has 7 nitrogen and oxygen atoms in total. The number of benzene rings is 1. The minimum Gasteiger partial charge on any atom is -0.341 e. The van der Waals surface area contributed by atoms with E-state index in [1.54, 1.807) is 15.9 Å². The summed E-state index contributed by atoms with van der Waals surface area (Å²) >= 11 is 0. The van der Waals surface area contributed by atoms with Crippen LogP contribution in [-0.4, -0.2) is 59.4 Å². The molecule has 1 fully saturated rings. The highest BCUT2D eigenvalue weighted by Gasteiger charge is 2.26. The number of amides is 3. The van der Waals surface area contributed by atoms with E-state index in [0.29, 0.717) is 57.6 Å². The highest BCUT2D eigenvalue weighted by molar-refractivity contribution is 6.39. The van der Waals surface area contributed by atoms with Crippen LogP contribution in [0.3, 0.4) is 0 Å². The summed E-state index contributed by atoms with van der Waals surface area (Å²) in [5.41, 5.74) is 3.50. The number of nitrogens with one attached hydrogen (secondary N) is 1. The Morgan fingerprint density at radius 1 is 1.11 bits per heavy atom. The van der Waals surface area contributed by atoms with E-state index in [4.69, 9.17) is 0 Å². The van der Waals surface area contributed by atoms with Crippen LogP contribution in [0.15, 0.2) is 29.4 Å². The van der Waals surface area contributed by atoms with E-state index in [0.717, 1.165) is 5.56 Å². The highest BCUT2D eigenvalue weighted by Crippen LogP contribution is 2.11. The van der Waals surface area contributed by atoms with Gasteiger partial charge in [0.15, 0.2) is 0 Å². The van der Waals surface area contributed by atoms with Gasteiger partial charge in [-0.1, -0.05) is 12.1 Å². The van der Waals surface area contributed by atoms with Crippen molar-refractivity contribution in [3.8, 4) is 0 Å². The quantitative estimate of drug-likeness (QED) is 0.856. The normalized spacial score (nSPS) is 17.8. The second kappa shape index (κ2) is 8.75. The van der Waals surface area contributed by atoms with Gasteiger partial charge < -0.3 is 9.80 Å². The van der Waals surface area contributed by atoms with Crippen LogP contribution in [-0.2, 0) is 20.8 Å². The van der Waals surface area contributed by atoms with Crippen molar-refractivity contribution < 1.29 is 18.8 Å². The minimum absolute atomic E-state index is 0.0100. The molecule has 0 spiro atoms. The predicted molar refractivity (Wildman–Crippen MR) is 97.3 cm³/mol. The molecule has 8 heteroatoms. The maximum Gasteiger partial charge on any atom is 0.270 e. The van der Waals surface area contributed by atoms with Crippen molar-refractivity contribution >= 4 is 23.4 Å². The number of carbonyl (C=O) groups excluding carboxylic acids is 3. The van der Waals surface area contributed by atoms with Crippen molar-refractivity contribution in [1.82, 2.24) is 15.2 Å². The Kier molecular flexibility index (Phi) is 6.16. The van der Waals surface area contributed by atoms with Gasteiger partial charge in [-0.2, -0.15) is 5.10 Å². The maximum absolute atomic E-state index is 13.2. The molecule has 2 aliphatic heterocycles. The first-order chi connectivity index (χ1) is 13.0. The largest absolute Gasteiger partial charge is 0.341 e. The molecule has 2 aliphatic rings. The van der Waals surface area contributed by atoms with Crippen molar-refractivity contribution in [1.29, 1.82) is 0 Å². The maximum atomic E-state index is 13.2. The van der Waals surface area contributed by atoms with Crippen LogP contribution in [0.4, 0.5) is 4.39 Å². The summed E-state index contributed by atoms with van der Waals surface area (Å²) in [7, 11) is 0. The van der Waals surface area contributed by atoms with E-state index in [1.807, 2.05) is 6.07 Å². The van der Waals surface area contributed by atoms with Gasteiger partial charge >= 0.3 is 0 Å². The van der Waals surface area contributed by atoms with E-state index in [1.165, 1.54) is 12.1 Å². The van der Waals surface area contributed by atoms with Gasteiger partial charge in [0.25, 0.3) is 5.91 Å². The number of halogens is 1. The topological polar surface area (TPSA) is 82.1 Å². The zero-order valence-electron chi connectivity index (χ0n) is 15.1. The van der Waals surface area contributed by atoms with Crippen LogP contribution in [0.1, 0.15) is 31.2 Å². The first-order valence-corrected chi connectivity index (χ1v) is 9.20. The number of hydrogen-bond donors (Lipinski definition) is 1. The zero-order valence-corrected chi connectivity index (χ0v) is 15.1. The van der Waals surface area contributed by atoms with Crippen molar-refractivity contribution in [2.75, 3.05) is 26.2 Å². The molecule has 0 radical (unpaired) electrons. The van der Waals surface area contributed by atoms with Crippen molar-refractivity contribution in [3.05, 3.63) is 35.6 Å². The Bertz CT molecular complexity index is 765. The van der Waals surface area contributed by atoms with Gasteiger partial charge in [0.1, 0.15) is 11.5 Å². The summed E-state index contributed by atoms with van der Waals surface area (Å²) in [5.74, 6) is -0.650. The van der Waals surface area contributed by atoms with Crippen LogP contribution in [0.5, 0.6) is 0 Å². The van der Waals surface area contributed by atoms with Crippen molar-refractivity contribution in [3.63, 3.8) is 0 Å². The number of carbonyl (C=O) groups is 3. The third kappa shape index (κ3) is 5.12. The van der Waals surface area contributed by atoms with Crippen LogP contribution >= 0.6 is 0 Å². The van der Waals surface area contributed by atoms with Gasteiger partial charge in [-0.05, 0) is 30.5 Å². The zero-order chi connectivity index (χ0) is 19.2. The van der Waals surface area contributed by atoms with E-state index in [-0.39, 0.29) is 30.0 Å². The third-order valence-corrected chi connectivity index (χ3v) is 4.80. The molecule has 3 rings (SSSR count). The lowest BCUT2D eigenvalue weighted by Gasteiger charge is -2.23. The number of aryl methyl sites for hydroxylation is 1. The Morgan fingerprint density at radius 3 is 2.63 bits per heavy atom. The minimum atomic E-state index is -0.300. The van der Waals surface area contributed by atoms with Gasteiger partial charge in [-0.15, -0.1) is 0 Å². The molecule has 1 saturated heterocycles. The lowest BCUT2D eigenvalue weighted by atomic mass is 10.1. The van der Waals surface area contributed by atoms with Gasteiger partial charge in [0.2, 0.25) is 11.8 Å². The van der Waals surface area contributed by atoms with Crippen molar-refractivity contribution in [2.24, 2.45) is 5.10 Å². The molecule has 0 unspecified atom stereocenters. The first-order valence-electron chi connectivity index (χ1n) is 9.20. The Morgan fingerprint density at radius 2 is 1.89 bits per heavy atom. The predicted octanol–water partition coefficient (Wildman–Crippen LogP) is 1.09. The summed E-state index contributed by atoms with van der Waals surface area (Å²) < 4.78 is 13.2. The molecular weight excluding hydrogens is 351 g/mol. The van der Waals surface area contributed by atoms with Crippen LogP contribution in [0, 0.1) is 5.82 Å². The number of hydrogen-bond acceptors (Lipinski definition) is 4. The molecule has 1 N–H and O–H groups in total. The average Bonchev–Trinajstić information content (AvgIpc) is 2.92. The number of nitrogens with zero attached hydrogens (tertiary/aromatic N) is 3. The average molecular weight is 374 g/mol. The Labute approximate surface area is 157 Å². The summed E-state index contributed by atoms with van der Waals surface area (Å²) in [5, 5.41) is 3.86. The molecule has 0 saturated carbocycles. The van der Waals surface area contributed by atoms with Crippen LogP contribution in [0.2, 0.25) is 0 Å². The lowest BCUT2D eigenvalue weighted by Crippen LogP contribution is -2.42. The fourth-order valence-electron chi connectivity index (χ4n) is 3.28. The fourth-order valence-corrected chi connectivity index (χ4v) is 3.28. The van der Waals surface area contributed by atoms with Crippen LogP contribution < -0.4 is 5.43 Å². The monoisotopic (exact) mass is 374 g/mol. The molecule has 0 aromatic heterocycles. The summed E-state index contributed by atoms with van der Waals surface area (Å²) in [6.45, 7) is 2.05. The standard InChI is InChI=1S/C19H23FN4O3/c20-15-4-1-3-14(13-15)5-8-18(26)23-9-2-10-24(12-11-23)19(27)16-6-7-17(25)22-21-16/h1,3-4,13H,2,5-12H2,(H,22,25). The molecule has 0 aliphatic carbocycles. The molecule has 1 aromatic rings. The number of rotatable bonds is 4. The third-order valence-electron chi connectivity index (χ3n) is 4.80. The van der Waals surface area contributed by atoms with E-state index >= 15 is 0 Å². The smallest absolute Gasteiger partial charge is 0.270 e. The summed E-state index contributed by atoms with van der Waals surface area (Å²) in [4.78, 5) is 39.6. The fraction of sp³-hybridized carbons (Fsp3) is 0.474. The highest BCUT2D eigenvalue weighted by atomic mass is 19.1. The number of hydrazone groups is 1. The summed E-state index contributed by atoms with van der Waals surface area (Å²) in [6, 6.07) is 6.28. The lowest BCUT2D eigenvalue weighted by molar-refractivity contribution is -0.131. The van der Waals surface area contributed by atoms with Crippen molar-refractivity contribution in [2.45, 2.75) is 32.1 Å². The van der Waals surface area contributed by atoms with Gasteiger partial charge in [0, 0.05) is 45.4 Å². The summed E-state index contributed by atoms with van der Waals surface area (Å²) in [6.07, 6.45) is 2.11. The second-order valence-corrected chi connectivity index (χ2v) is 6.75. The molecule has 1 aromatic carbocycles. The molecule has 3 amide bonds. The molecular formula is C19H23FN4O3. The van der Waals surface area contributed by atoms with Gasteiger partial charge in [-0.3, -0.25) is 14.4 Å². The van der Waals surface area contributed by atoms with Gasteiger partial charge in [0.05, 0.1) is 0 Å². The van der Waals surface area contributed by atoms with Gasteiger partial charge in [-0.25, -0.2) is 9.82 Å². The van der Waals surface area contributed by atoms with Crippen LogP contribution in [0.25, 0.3) is 0 Å². The second-order valence-electron chi connectivity index (χ2n) is 6.75. The molecule has 27 heavy (non-hydrogen) atoms. The SMILES string of the molecule is O=C1CCC(C(=O)N2CCCN(C(=O)CCc3cccc(F)c3)CC2)=NN1. The van der Waals surface area contributed by atoms with E-state index in [9.17, 15) is 18.8 Å². The molecule has 0 bridgehead atoms. The Balaban J connectivity index is 1.51. The van der Waals surface area contributed by atoms with E-state index < -0.39 is 0 Å². The Hall–Kier alpha value is -2.77. The first kappa shape index (κ1) is 19.0. The molecule has 144 valence electrons.